The van der Waals surface area contributed by atoms with E-state index >= 15 is 0 Å². The van der Waals surface area contributed by atoms with Crippen LogP contribution in [0.1, 0.15) is 30.6 Å². The number of aliphatic hydroxyl groups is 1. The molecule has 5 heteroatoms. The summed E-state index contributed by atoms with van der Waals surface area (Å²) in [5.74, 6) is 0.418. The molecule has 120 valence electrons. The van der Waals surface area contributed by atoms with Crippen molar-refractivity contribution in [1.29, 1.82) is 0 Å². The molecule has 1 aliphatic heterocycles. The Balaban J connectivity index is 1.90. The number of carbonyl (C=O) groups excluding carboxylic acids is 1. The Morgan fingerprint density at radius 1 is 1.50 bits per heavy atom. The second-order valence-corrected chi connectivity index (χ2v) is 5.83. The van der Waals surface area contributed by atoms with Crippen LogP contribution in [0.25, 0.3) is 0 Å². The number of ether oxygens (including phenoxy) is 2. The van der Waals surface area contributed by atoms with E-state index < -0.39 is 5.60 Å². The maximum atomic E-state index is 12.1. The lowest BCUT2D eigenvalue weighted by molar-refractivity contribution is 0.0264. The van der Waals surface area contributed by atoms with Gasteiger partial charge in [0.05, 0.1) is 6.61 Å². The molecule has 1 unspecified atom stereocenters. The summed E-state index contributed by atoms with van der Waals surface area (Å²) in [6.45, 7) is 5.47. The van der Waals surface area contributed by atoms with Crippen LogP contribution in [0.5, 0.6) is 5.75 Å². The van der Waals surface area contributed by atoms with Crippen molar-refractivity contribution in [2.24, 2.45) is 0 Å². The van der Waals surface area contributed by atoms with E-state index in [0.717, 1.165) is 0 Å². The van der Waals surface area contributed by atoms with Gasteiger partial charge in [-0.2, -0.15) is 0 Å². The molecule has 1 amide bonds. The Morgan fingerprint density at radius 3 is 3.00 bits per heavy atom. The number of hydrogen-bond donors (Lipinski definition) is 2. The van der Waals surface area contributed by atoms with E-state index in [0.29, 0.717) is 30.9 Å². The van der Waals surface area contributed by atoms with Crippen LogP contribution >= 0.6 is 0 Å². The number of carbonyl (C=O) groups is 1. The number of benzene rings is 1. The van der Waals surface area contributed by atoms with Gasteiger partial charge in [-0.3, -0.25) is 4.79 Å². The van der Waals surface area contributed by atoms with Gasteiger partial charge in [0.15, 0.2) is 0 Å². The average Bonchev–Trinajstić information content (AvgIpc) is 2.92. The molecule has 1 saturated heterocycles. The van der Waals surface area contributed by atoms with E-state index in [4.69, 9.17) is 9.47 Å². The normalized spacial score (nSPS) is 20.5. The number of amides is 1. The highest BCUT2D eigenvalue weighted by Crippen LogP contribution is 2.18. The zero-order valence-corrected chi connectivity index (χ0v) is 13.1. The first-order chi connectivity index (χ1) is 10.5. The third-order valence-corrected chi connectivity index (χ3v) is 3.50. The van der Waals surface area contributed by atoms with Crippen LogP contribution in [0.2, 0.25) is 0 Å². The highest BCUT2D eigenvalue weighted by atomic mass is 16.5. The predicted molar refractivity (Wildman–Crippen MR) is 84.1 cm³/mol. The van der Waals surface area contributed by atoms with Crippen LogP contribution < -0.4 is 10.1 Å². The molecule has 1 fully saturated rings. The zero-order chi connectivity index (χ0) is 16.0. The molecule has 1 atom stereocenters. The van der Waals surface area contributed by atoms with Crippen LogP contribution in [0.4, 0.5) is 0 Å². The Bertz CT molecular complexity index is 543. The summed E-state index contributed by atoms with van der Waals surface area (Å²) in [5.41, 5.74) is 0.742. The number of nitrogens with one attached hydrogen (secondary N) is 1. The predicted octanol–water partition coefficient (Wildman–Crippen LogP) is 1.91. The molecule has 2 rings (SSSR count). The average molecular weight is 305 g/mol. The van der Waals surface area contributed by atoms with Crippen molar-refractivity contribution in [2.75, 3.05) is 26.4 Å². The Labute approximate surface area is 130 Å². The minimum Gasteiger partial charge on any atom is -0.490 e. The van der Waals surface area contributed by atoms with E-state index in [1.165, 1.54) is 5.57 Å². The smallest absolute Gasteiger partial charge is 0.251 e. The maximum absolute atomic E-state index is 12.1. The summed E-state index contributed by atoms with van der Waals surface area (Å²) in [5, 5.41) is 12.9. The first-order valence-electron chi connectivity index (χ1n) is 7.43. The van der Waals surface area contributed by atoms with Crippen LogP contribution in [0.15, 0.2) is 35.9 Å². The maximum Gasteiger partial charge on any atom is 0.251 e. The van der Waals surface area contributed by atoms with Crippen LogP contribution in [-0.4, -0.2) is 43.0 Å². The van der Waals surface area contributed by atoms with E-state index in [2.05, 4.69) is 5.32 Å². The molecular formula is C17H23NO4. The fourth-order valence-corrected chi connectivity index (χ4v) is 2.11. The van der Waals surface area contributed by atoms with Crippen molar-refractivity contribution >= 4 is 5.91 Å². The molecule has 1 heterocycles. The third kappa shape index (κ3) is 4.86. The molecule has 0 spiro atoms. The molecule has 1 aromatic rings. The van der Waals surface area contributed by atoms with Crippen molar-refractivity contribution in [3.8, 4) is 5.75 Å². The quantitative estimate of drug-likeness (QED) is 0.788. The van der Waals surface area contributed by atoms with Gasteiger partial charge in [-0.25, -0.2) is 0 Å². The Hall–Kier alpha value is -1.85. The fraction of sp³-hybridized carbons (Fsp3) is 0.471. The number of hydrogen-bond acceptors (Lipinski definition) is 4. The molecule has 0 radical (unpaired) electrons. The molecule has 1 aliphatic rings. The summed E-state index contributed by atoms with van der Waals surface area (Å²) >= 11 is 0. The van der Waals surface area contributed by atoms with E-state index in [-0.39, 0.29) is 19.1 Å². The lowest BCUT2D eigenvalue weighted by Crippen LogP contribution is -2.43. The SMILES string of the molecule is CC(C)=CCOc1cccc(C(=O)NCC2(O)CCOC2)c1. The van der Waals surface area contributed by atoms with Crippen molar-refractivity contribution in [3.63, 3.8) is 0 Å². The van der Waals surface area contributed by atoms with Crippen molar-refractivity contribution in [1.82, 2.24) is 5.32 Å². The standard InChI is InChI=1S/C17H23NO4/c1-13(2)6-8-22-15-5-3-4-14(10-15)16(19)18-11-17(20)7-9-21-12-17/h3-6,10,20H,7-9,11-12H2,1-2H3,(H,18,19). The second-order valence-electron chi connectivity index (χ2n) is 5.83. The molecular weight excluding hydrogens is 282 g/mol. The van der Waals surface area contributed by atoms with Crippen molar-refractivity contribution < 1.29 is 19.4 Å². The van der Waals surface area contributed by atoms with Gasteiger partial charge in [-0.05, 0) is 38.1 Å². The van der Waals surface area contributed by atoms with Crippen LogP contribution in [-0.2, 0) is 4.74 Å². The molecule has 5 nitrogen and oxygen atoms in total. The van der Waals surface area contributed by atoms with Crippen molar-refractivity contribution in [2.45, 2.75) is 25.9 Å². The topological polar surface area (TPSA) is 67.8 Å². The summed E-state index contributed by atoms with van der Waals surface area (Å²) in [7, 11) is 0. The fourth-order valence-electron chi connectivity index (χ4n) is 2.11. The third-order valence-electron chi connectivity index (χ3n) is 3.50. The molecule has 2 N–H and O–H groups in total. The van der Waals surface area contributed by atoms with Gasteiger partial charge >= 0.3 is 0 Å². The zero-order valence-electron chi connectivity index (χ0n) is 13.1. The van der Waals surface area contributed by atoms with Gasteiger partial charge in [-0.15, -0.1) is 0 Å². The van der Waals surface area contributed by atoms with Crippen LogP contribution in [0, 0.1) is 0 Å². The van der Waals surface area contributed by atoms with Gasteiger partial charge < -0.3 is 19.9 Å². The molecule has 0 bridgehead atoms. The first kappa shape index (κ1) is 16.5. The molecule has 0 saturated carbocycles. The van der Waals surface area contributed by atoms with Gasteiger partial charge in [0.25, 0.3) is 5.91 Å². The largest absolute Gasteiger partial charge is 0.490 e. The highest BCUT2D eigenvalue weighted by molar-refractivity contribution is 5.94. The summed E-state index contributed by atoms with van der Waals surface area (Å²) < 4.78 is 10.7. The van der Waals surface area contributed by atoms with Gasteiger partial charge in [-0.1, -0.05) is 11.6 Å². The van der Waals surface area contributed by atoms with E-state index in [1.807, 2.05) is 26.0 Å². The summed E-state index contributed by atoms with van der Waals surface area (Å²) in [6, 6.07) is 7.01. The molecule has 0 aromatic heterocycles. The summed E-state index contributed by atoms with van der Waals surface area (Å²) in [4.78, 5) is 12.1. The lowest BCUT2D eigenvalue weighted by Gasteiger charge is -2.20. The van der Waals surface area contributed by atoms with Gasteiger partial charge in [0.1, 0.15) is 18.0 Å². The molecule has 1 aromatic carbocycles. The highest BCUT2D eigenvalue weighted by Gasteiger charge is 2.32. The minimum atomic E-state index is -0.951. The molecule has 0 aliphatic carbocycles. The number of rotatable bonds is 6. The van der Waals surface area contributed by atoms with Gasteiger partial charge in [0, 0.05) is 25.1 Å². The summed E-state index contributed by atoms with van der Waals surface area (Å²) in [6.07, 6.45) is 2.52. The van der Waals surface area contributed by atoms with Crippen LogP contribution in [0.3, 0.4) is 0 Å². The van der Waals surface area contributed by atoms with E-state index in [9.17, 15) is 9.90 Å². The van der Waals surface area contributed by atoms with E-state index in [1.54, 1.807) is 18.2 Å². The second kappa shape index (κ2) is 7.42. The van der Waals surface area contributed by atoms with Gasteiger partial charge in [0.2, 0.25) is 0 Å². The monoisotopic (exact) mass is 305 g/mol. The minimum absolute atomic E-state index is 0.189. The lowest BCUT2D eigenvalue weighted by atomic mass is 10.0. The molecule has 22 heavy (non-hydrogen) atoms. The van der Waals surface area contributed by atoms with Crippen molar-refractivity contribution in [3.05, 3.63) is 41.5 Å². The first-order valence-corrected chi connectivity index (χ1v) is 7.43. The Morgan fingerprint density at radius 2 is 2.32 bits per heavy atom. The number of allylic oxidation sites excluding steroid dienone is 1. The Kier molecular flexibility index (Phi) is 5.57.